The number of carbonyl (C=O) groups excluding carboxylic acids is 3. The van der Waals surface area contributed by atoms with Crippen molar-refractivity contribution in [3.63, 3.8) is 0 Å². The summed E-state index contributed by atoms with van der Waals surface area (Å²) in [6.07, 6.45) is 6.13. The lowest BCUT2D eigenvalue weighted by Gasteiger charge is -2.41. The Labute approximate surface area is 176 Å². The number of para-hydroxylation sites is 1. The summed E-state index contributed by atoms with van der Waals surface area (Å²) in [7, 11) is 0. The number of anilines is 1. The van der Waals surface area contributed by atoms with Crippen LogP contribution in [0, 0.1) is 18.8 Å². The normalized spacial score (nSPS) is 23.4. The first-order valence-electron chi connectivity index (χ1n) is 10.9. The molecule has 3 amide bonds. The zero-order chi connectivity index (χ0) is 20.8. The second-order valence-electron chi connectivity index (χ2n) is 8.84. The molecule has 0 unspecified atom stereocenters. The molecule has 154 valence electrons. The second kappa shape index (κ2) is 7.38. The Bertz CT molecular complexity index is 1040. The van der Waals surface area contributed by atoms with Crippen LogP contribution >= 0.6 is 0 Å². The summed E-state index contributed by atoms with van der Waals surface area (Å²) >= 11 is 0. The highest BCUT2D eigenvalue weighted by Crippen LogP contribution is 2.37. The Kier molecular flexibility index (Phi) is 4.69. The van der Waals surface area contributed by atoms with Crippen molar-refractivity contribution in [1.29, 1.82) is 0 Å². The number of hydrogen-bond acceptors (Lipinski definition) is 3. The van der Waals surface area contributed by atoms with Gasteiger partial charge in [-0.2, -0.15) is 0 Å². The first kappa shape index (κ1) is 19.0. The monoisotopic (exact) mass is 402 g/mol. The number of rotatable bonds is 2. The number of nitrogens with zero attached hydrogens (tertiary/aromatic N) is 2. The van der Waals surface area contributed by atoms with Crippen LogP contribution in [0.25, 0.3) is 0 Å². The summed E-state index contributed by atoms with van der Waals surface area (Å²) in [5, 5.41) is 0. The Hall–Kier alpha value is -2.95. The number of imide groups is 1. The van der Waals surface area contributed by atoms with Crippen LogP contribution in [-0.4, -0.2) is 35.7 Å². The van der Waals surface area contributed by atoms with Gasteiger partial charge in [0.1, 0.15) is 0 Å². The van der Waals surface area contributed by atoms with E-state index in [0.717, 1.165) is 31.0 Å². The Morgan fingerprint density at radius 2 is 1.63 bits per heavy atom. The summed E-state index contributed by atoms with van der Waals surface area (Å²) in [6, 6.07) is 12.3. The molecule has 3 aliphatic rings. The molecule has 1 saturated carbocycles. The molecule has 1 saturated heterocycles. The van der Waals surface area contributed by atoms with Gasteiger partial charge in [0.25, 0.3) is 17.7 Å². The predicted octanol–water partition coefficient (Wildman–Crippen LogP) is 4.45. The fourth-order valence-electron chi connectivity index (χ4n) is 5.37. The quantitative estimate of drug-likeness (QED) is 0.698. The van der Waals surface area contributed by atoms with Crippen molar-refractivity contribution in [1.82, 2.24) is 4.90 Å². The van der Waals surface area contributed by atoms with E-state index in [-0.39, 0.29) is 17.7 Å². The molecule has 2 atom stereocenters. The maximum absolute atomic E-state index is 13.2. The van der Waals surface area contributed by atoms with E-state index in [4.69, 9.17) is 0 Å². The number of fused-ring (bicyclic) bond motifs is 2. The molecule has 2 aromatic rings. The third kappa shape index (κ3) is 3.04. The third-order valence-corrected chi connectivity index (χ3v) is 7.07. The number of carbonyl (C=O) groups is 3. The first-order valence-corrected chi connectivity index (χ1v) is 10.9. The second-order valence-corrected chi connectivity index (χ2v) is 8.84. The van der Waals surface area contributed by atoms with Crippen molar-refractivity contribution in [2.45, 2.75) is 39.0 Å². The molecule has 0 spiro atoms. The third-order valence-electron chi connectivity index (χ3n) is 7.07. The van der Waals surface area contributed by atoms with Crippen molar-refractivity contribution in [3.8, 4) is 0 Å². The highest BCUT2D eigenvalue weighted by atomic mass is 16.2. The van der Waals surface area contributed by atoms with E-state index >= 15 is 0 Å². The van der Waals surface area contributed by atoms with Crippen molar-refractivity contribution < 1.29 is 14.4 Å². The van der Waals surface area contributed by atoms with Gasteiger partial charge in [-0.05, 0) is 61.4 Å². The van der Waals surface area contributed by atoms with Crippen molar-refractivity contribution in [2.75, 3.05) is 18.0 Å². The SMILES string of the molecule is Cc1ccccc1N1C(=O)c2ccc(C(=O)N3CC[C@H]4CCCC[C@H]4C3)cc2C1=O. The minimum absolute atomic E-state index is 0.0311. The van der Waals surface area contributed by atoms with Gasteiger partial charge in [-0.3, -0.25) is 14.4 Å². The molecule has 0 N–H and O–H groups in total. The van der Waals surface area contributed by atoms with Crippen LogP contribution in [0.1, 0.15) is 68.7 Å². The number of piperidine rings is 1. The summed E-state index contributed by atoms with van der Waals surface area (Å²) in [4.78, 5) is 42.3. The van der Waals surface area contributed by atoms with Crippen LogP contribution in [0.3, 0.4) is 0 Å². The van der Waals surface area contributed by atoms with Crippen LogP contribution in [0.5, 0.6) is 0 Å². The maximum Gasteiger partial charge on any atom is 0.266 e. The van der Waals surface area contributed by atoms with E-state index < -0.39 is 0 Å². The standard InChI is InChI=1S/C25H26N2O3/c1-16-6-2-5-9-22(16)27-24(29)20-11-10-18(14-21(20)25(27)30)23(28)26-13-12-17-7-3-4-8-19(17)15-26/h2,5-6,9-11,14,17,19H,3-4,7-8,12-13,15H2,1H3/t17-,19+/m1/s1. The molecule has 1 aliphatic carbocycles. The summed E-state index contributed by atoms with van der Waals surface area (Å²) in [6.45, 7) is 3.46. The minimum atomic E-state index is -0.357. The van der Waals surface area contributed by atoms with E-state index in [9.17, 15) is 14.4 Å². The molecule has 2 aliphatic heterocycles. The van der Waals surface area contributed by atoms with E-state index in [1.54, 1.807) is 24.3 Å². The van der Waals surface area contributed by atoms with Crippen molar-refractivity contribution >= 4 is 23.4 Å². The van der Waals surface area contributed by atoms with Gasteiger partial charge in [0.2, 0.25) is 0 Å². The number of amides is 3. The van der Waals surface area contributed by atoms with E-state index in [1.165, 1.54) is 30.6 Å². The molecule has 0 radical (unpaired) electrons. The number of hydrogen-bond donors (Lipinski definition) is 0. The lowest BCUT2D eigenvalue weighted by atomic mass is 9.75. The molecule has 5 nitrogen and oxygen atoms in total. The van der Waals surface area contributed by atoms with Crippen LogP contribution in [0.15, 0.2) is 42.5 Å². The molecule has 2 aromatic carbocycles. The Morgan fingerprint density at radius 1 is 0.900 bits per heavy atom. The highest BCUT2D eigenvalue weighted by molar-refractivity contribution is 6.35. The van der Waals surface area contributed by atoms with Crippen LogP contribution in [0.2, 0.25) is 0 Å². The average molecular weight is 402 g/mol. The first-order chi connectivity index (χ1) is 14.5. The molecular formula is C25H26N2O3. The molecule has 0 bridgehead atoms. The van der Waals surface area contributed by atoms with Crippen molar-refractivity contribution in [3.05, 3.63) is 64.7 Å². The lowest BCUT2D eigenvalue weighted by molar-refractivity contribution is 0.0520. The average Bonchev–Trinajstić information content (AvgIpc) is 3.03. The van der Waals surface area contributed by atoms with E-state index in [1.807, 2.05) is 30.0 Å². The largest absolute Gasteiger partial charge is 0.338 e. The van der Waals surface area contributed by atoms with Crippen LogP contribution in [-0.2, 0) is 0 Å². The zero-order valence-electron chi connectivity index (χ0n) is 17.3. The zero-order valence-corrected chi connectivity index (χ0v) is 17.3. The summed E-state index contributed by atoms with van der Waals surface area (Å²) in [5.41, 5.74) is 2.64. The van der Waals surface area contributed by atoms with Gasteiger partial charge in [0.15, 0.2) is 0 Å². The smallest absolute Gasteiger partial charge is 0.266 e. The molecule has 0 aromatic heterocycles. The van der Waals surface area contributed by atoms with Crippen LogP contribution < -0.4 is 4.90 Å². The lowest BCUT2D eigenvalue weighted by Crippen LogP contribution is -2.44. The predicted molar refractivity (Wildman–Crippen MR) is 115 cm³/mol. The number of likely N-dealkylation sites (tertiary alicyclic amines) is 1. The minimum Gasteiger partial charge on any atom is -0.338 e. The number of aryl methyl sites for hydroxylation is 1. The molecular weight excluding hydrogens is 376 g/mol. The van der Waals surface area contributed by atoms with Crippen LogP contribution in [0.4, 0.5) is 5.69 Å². The summed E-state index contributed by atoms with van der Waals surface area (Å²) in [5.74, 6) is 0.642. The Balaban J connectivity index is 1.41. The van der Waals surface area contributed by atoms with Gasteiger partial charge in [0.05, 0.1) is 16.8 Å². The van der Waals surface area contributed by atoms with Gasteiger partial charge < -0.3 is 4.90 Å². The van der Waals surface area contributed by atoms with Crippen molar-refractivity contribution in [2.24, 2.45) is 11.8 Å². The highest BCUT2D eigenvalue weighted by Gasteiger charge is 2.38. The van der Waals surface area contributed by atoms with E-state index in [2.05, 4.69) is 0 Å². The van der Waals surface area contributed by atoms with Gasteiger partial charge in [-0.1, -0.05) is 37.5 Å². The molecule has 2 fully saturated rings. The van der Waals surface area contributed by atoms with Gasteiger partial charge >= 0.3 is 0 Å². The van der Waals surface area contributed by atoms with Gasteiger partial charge in [-0.15, -0.1) is 0 Å². The number of benzene rings is 2. The van der Waals surface area contributed by atoms with E-state index in [0.29, 0.717) is 28.3 Å². The summed E-state index contributed by atoms with van der Waals surface area (Å²) < 4.78 is 0. The van der Waals surface area contributed by atoms with Gasteiger partial charge in [-0.25, -0.2) is 4.90 Å². The topological polar surface area (TPSA) is 57.7 Å². The molecule has 2 heterocycles. The molecule has 30 heavy (non-hydrogen) atoms. The molecule has 5 rings (SSSR count). The van der Waals surface area contributed by atoms with Gasteiger partial charge in [0, 0.05) is 18.7 Å². The fourth-order valence-corrected chi connectivity index (χ4v) is 5.37. The Morgan fingerprint density at radius 3 is 2.43 bits per heavy atom. The fraction of sp³-hybridized carbons (Fsp3) is 0.400. The maximum atomic E-state index is 13.2. The molecule has 5 heteroatoms.